The molecule has 0 radical (unpaired) electrons. The summed E-state index contributed by atoms with van der Waals surface area (Å²) >= 11 is 5.90. The number of anilines is 2. The van der Waals surface area contributed by atoms with Crippen LogP contribution in [0, 0.1) is 0 Å². The lowest BCUT2D eigenvalue weighted by atomic mass is 10.2. The van der Waals surface area contributed by atoms with E-state index in [-0.39, 0.29) is 0 Å². The molecule has 70 valence electrons. The maximum Gasteiger partial charge on any atom is 0.0591 e. The van der Waals surface area contributed by atoms with Gasteiger partial charge < -0.3 is 10.6 Å². The van der Waals surface area contributed by atoms with Crippen LogP contribution in [-0.2, 0) is 0 Å². The lowest BCUT2D eigenvalue weighted by Gasteiger charge is -2.11. The molecular formula is C10H13ClN2. The van der Waals surface area contributed by atoms with Gasteiger partial charge in [0.25, 0.3) is 0 Å². The van der Waals surface area contributed by atoms with Gasteiger partial charge in [0.05, 0.1) is 11.4 Å². The van der Waals surface area contributed by atoms with E-state index >= 15 is 0 Å². The highest BCUT2D eigenvalue weighted by Gasteiger charge is 2.10. The average molecular weight is 197 g/mol. The third kappa shape index (κ3) is 1.89. The van der Waals surface area contributed by atoms with Crippen LogP contribution in [0.5, 0.6) is 0 Å². The summed E-state index contributed by atoms with van der Waals surface area (Å²) in [7, 11) is 0. The first-order valence-corrected chi connectivity index (χ1v) is 4.93. The zero-order valence-electron chi connectivity index (χ0n) is 7.60. The van der Waals surface area contributed by atoms with Crippen LogP contribution in [0.4, 0.5) is 11.4 Å². The normalized spacial score (nSPS) is 20.9. The minimum Gasteiger partial charge on any atom is -0.383 e. The van der Waals surface area contributed by atoms with Crippen LogP contribution in [0.3, 0.4) is 0 Å². The van der Waals surface area contributed by atoms with Crippen molar-refractivity contribution < 1.29 is 0 Å². The lowest BCUT2D eigenvalue weighted by molar-refractivity contribution is 0.745. The van der Waals surface area contributed by atoms with Crippen molar-refractivity contribution in [1.29, 1.82) is 0 Å². The molecule has 0 fully saturated rings. The summed E-state index contributed by atoms with van der Waals surface area (Å²) in [6, 6.07) is 6.41. The Kier molecular flexibility index (Phi) is 2.32. The van der Waals surface area contributed by atoms with E-state index in [0.717, 1.165) is 29.4 Å². The highest BCUT2D eigenvalue weighted by Crippen LogP contribution is 2.28. The fraction of sp³-hybridized carbons (Fsp3) is 0.400. The molecule has 2 N–H and O–H groups in total. The molecule has 0 bridgehead atoms. The molecule has 0 spiro atoms. The van der Waals surface area contributed by atoms with Crippen molar-refractivity contribution >= 4 is 23.0 Å². The number of benzene rings is 1. The number of nitrogens with one attached hydrogen (secondary N) is 2. The molecule has 2 nitrogen and oxygen atoms in total. The number of halogens is 1. The van der Waals surface area contributed by atoms with Crippen LogP contribution in [-0.4, -0.2) is 12.6 Å². The Morgan fingerprint density at radius 1 is 1.38 bits per heavy atom. The van der Waals surface area contributed by atoms with E-state index in [1.807, 2.05) is 18.2 Å². The molecule has 1 unspecified atom stereocenters. The van der Waals surface area contributed by atoms with E-state index in [4.69, 9.17) is 11.6 Å². The Bertz CT molecular complexity index is 312. The van der Waals surface area contributed by atoms with E-state index in [1.165, 1.54) is 0 Å². The van der Waals surface area contributed by atoms with Gasteiger partial charge in [-0.1, -0.05) is 11.6 Å². The first-order chi connectivity index (χ1) is 6.25. The topological polar surface area (TPSA) is 24.1 Å². The second kappa shape index (κ2) is 3.46. The minimum absolute atomic E-state index is 0.523. The van der Waals surface area contributed by atoms with E-state index in [9.17, 15) is 0 Å². The van der Waals surface area contributed by atoms with Crippen LogP contribution < -0.4 is 10.6 Å². The molecule has 3 heteroatoms. The standard InChI is InChI=1S/C10H13ClN2/c1-7-4-5-12-10-6-8(11)2-3-9(10)13-7/h2-3,6-7,12-13H,4-5H2,1H3. The van der Waals surface area contributed by atoms with E-state index in [0.29, 0.717) is 6.04 Å². The van der Waals surface area contributed by atoms with Crippen LogP contribution >= 0.6 is 11.6 Å². The Labute approximate surface area is 83.3 Å². The summed E-state index contributed by atoms with van der Waals surface area (Å²) in [6.07, 6.45) is 1.13. The first kappa shape index (κ1) is 8.70. The summed E-state index contributed by atoms with van der Waals surface area (Å²) in [4.78, 5) is 0. The number of hydrogen-bond acceptors (Lipinski definition) is 2. The fourth-order valence-corrected chi connectivity index (χ4v) is 1.72. The van der Waals surface area contributed by atoms with Crippen LogP contribution in [0.2, 0.25) is 5.02 Å². The maximum absolute atomic E-state index is 5.90. The quantitative estimate of drug-likeness (QED) is 0.667. The molecule has 1 heterocycles. The van der Waals surface area contributed by atoms with Gasteiger partial charge >= 0.3 is 0 Å². The van der Waals surface area contributed by atoms with Gasteiger partial charge in [0.2, 0.25) is 0 Å². The van der Waals surface area contributed by atoms with Crippen LogP contribution in [0.15, 0.2) is 18.2 Å². The SMILES string of the molecule is CC1CCNc2cc(Cl)ccc2N1. The molecule has 1 aliphatic heterocycles. The fourth-order valence-electron chi connectivity index (χ4n) is 1.55. The van der Waals surface area contributed by atoms with Crippen molar-refractivity contribution in [2.24, 2.45) is 0 Å². The molecule has 1 atom stereocenters. The second-order valence-electron chi connectivity index (χ2n) is 3.45. The Balaban J connectivity index is 2.34. The molecule has 1 aliphatic rings. The predicted molar refractivity (Wildman–Crippen MR) is 57.6 cm³/mol. The van der Waals surface area contributed by atoms with Gasteiger partial charge in [-0.15, -0.1) is 0 Å². The third-order valence-electron chi connectivity index (χ3n) is 2.28. The Hall–Kier alpha value is -0.890. The maximum atomic E-state index is 5.90. The number of hydrogen-bond donors (Lipinski definition) is 2. The Morgan fingerprint density at radius 2 is 2.23 bits per heavy atom. The van der Waals surface area contributed by atoms with Gasteiger partial charge in [0.1, 0.15) is 0 Å². The smallest absolute Gasteiger partial charge is 0.0591 e. The predicted octanol–water partition coefficient (Wildman–Crippen LogP) is 2.96. The van der Waals surface area contributed by atoms with Crippen LogP contribution in [0.1, 0.15) is 13.3 Å². The average Bonchev–Trinajstić information content (AvgIpc) is 2.25. The molecule has 2 rings (SSSR count). The molecular weight excluding hydrogens is 184 g/mol. The van der Waals surface area contributed by atoms with Crippen molar-refractivity contribution in [1.82, 2.24) is 0 Å². The summed E-state index contributed by atoms with van der Waals surface area (Å²) in [5.41, 5.74) is 2.26. The third-order valence-corrected chi connectivity index (χ3v) is 2.51. The zero-order valence-corrected chi connectivity index (χ0v) is 8.36. The van der Waals surface area contributed by atoms with E-state index < -0.39 is 0 Å². The van der Waals surface area contributed by atoms with E-state index in [1.54, 1.807) is 0 Å². The van der Waals surface area contributed by atoms with Crippen molar-refractivity contribution in [2.45, 2.75) is 19.4 Å². The van der Waals surface area contributed by atoms with Gasteiger partial charge in [0.15, 0.2) is 0 Å². The summed E-state index contributed by atoms with van der Waals surface area (Å²) in [6.45, 7) is 3.19. The molecule has 1 aromatic carbocycles. The van der Waals surface area contributed by atoms with Gasteiger partial charge in [-0.05, 0) is 31.5 Å². The second-order valence-corrected chi connectivity index (χ2v) is 3.89. The largest absolute Gasteiger partial charge is 0.383 e. The number of rotatable bonds is 0. The summed E-state index contributed by atoms with van der Waals surface area (Å²) in [5, 5.41) is 7.56. The molecule has 0 aliphatic carbocycles. The highest BCUT2D eigenvalue weighted by molar-refractivity contribution is 6.31. The van der Waals surface area contributed by atoms with E-state index in [2.05, 4.69) is 17.6 Å². The summed E-state index contributed by atoms with van der Waals surface area (Å²) < 4.78 is 0. The highest BCUT2D eigenvalue weighted by atomic mass is 35.5. The van der Waals surface area contributed by atoms with Crippen molar-refractivity contribution in [3.05, 3.63) is 23.2 Å². The molecule has 0 saturated heterocycles. The van der Waals surface area contributed by atoms with Gasteiger partial charge in [0, 0.05) is 17.6 Å². The summed E-state index contributed by atoms with van der Waals surface area (Å²) in [5.74, 6) is 0. The van der Waals surface area contributed by atoms with Gasteiger partial charge in [-0.25, -0.2) is 0 Å². The molecule has 0 aromatic heterocycles. The van der Waals surface area contributed by atoms with Gasteiger partial charge in [-0.2, -0.15) is 0 Å². The monoisotopic (exact) mass is 196 g/mol. The first-order valence-electron chi connectivity index (χ1n) is 4.55. The van der Waals surface area contributed by atoms with Crippen molar-refractivity contribution in [3.63, 3.8) is 0 Å². The van der Waals surface area contributed by atoms with Crippen LogP contribution in [0.25, 0.3) is 0 Å². The zero-order chi connectivity index (χ0) is 9.26. The van der Waals surface area contributed by atoms with Crippen molar-refractivity contribution in [3.8, 4) is 0 Å². The Morgan fingerprint density at radius 3 is 3.08 bits per heavy atom. The minimum atomic E-state index is 0.523. The molecule has 1 aromatic rings. The molecule has 0 saturated carbocycles. The van der Waals surface area contributed by atoms with Gasteiger partial charge in [-0.3, -0.25) is 0 Å². The lowest BCUT2D eigenvalue weighted by Crippen LogP contribution is -2.14. The molecule has 13 heavy (non-hydrogen) atoms. The number of fused-ring (bicyclic) bond motifs is 1. The van der Waals surface area contributed by atoms with Crippen molar-refractivity contribution in [2.75, 3.05) is 17.2 Å². The molecule has 0 amide bonds.